The largest absolute Gasteiger partial charge is 0.496 e. The van der Waals surface area contributed by atoms with Crippen molar-refractivity contribution in [1.29, 1.82) is 0 Å². The van der Waals surface area contributed by atoms with Gasteiger partial charge in [-0.3, -0.25) is 4.79 Å². The zero-order valence-corrected chi connectivity index (χ0v) is 21.7. The Labute approximate surface area is 227 Å². The maximum Gasteiger partial charge on any atom is 0.491 e. The second-order valence-electron chi connectivity index (χ2n) is 9.02. The Hall–Kier alpha value is -4.32. The smallest absolute Gasteiger partial charge is 0.491 e. The molecule has 3 aromatic carbocycles. The lowest BCUT2D eigenvalue weighted by Crippen LogP contribution is -2.49. The summed E-state index contributed by atoms with van der Waals surface area (Å²) in [4.78, 5) is 37.3. The number of halogens is 3. The molecule has 40 heavy (non-hydrogen) atoms. The average molecular weight is 561 g/mol. The molecule has 12 heteroatoms. The first kappa shape index (κ1) is 28.7. The van der Waals surface area contributed by atoms with Crippen LogP contribution in [-0.4, -0.2) is 63.5 Å². The summed E-state index contributed by atoms with van der Waals surface area (Å²) in [6.07, 6.45) is -4.65. The molecule has 4 rings (SSSR count). The van der Waals surface area contributed by atoms with Gasteiger partial charge in [0.05, 0.1) is 20.3 Å². The van der Waals surface area contributed by atoms with Crippen LogP contribution in [-0.2, 0) is 9.53 Å². The number of alkyl halides is 3. The minimum absolute atomic E-state index is 0.117. The predicted molar refractivity (Wildman–Crippen MR) is 138 cm³/mol. The van der Waals surface area contributed by atoms with E-state index in [9.17, 15) is 27.6 Å². The Balaban J connectivity index is 1.49. The van der Waals surface area contributed by atoms with Crippen molar-refractivity contribution in [1.82, 2.24) is 10.6 Å². The van der Waals surface area contributed by atoms with Gasteiger partial charge in [0.15, 0.2) is 0 Å². The molecule has 0 unspecified atom stereocenters. The molecule has 1 saturated heterocycles. The van der Waals surface area contributed by atoms with Crippen molar-refractivity contribution in [2.45, 2.75) is 31.2 Å². The van der Waals surface area contributed by atoms with Gasteiger partial charge in [-0.1, -0.05) is 12.1 Å². The Morgan fingerprint density at radius 3 is 2.38 bits per heavy atom. The molecule has 0 aromatic heterocycles. The SMILES string of the molecule is COc1cc2c(OC)cccc2cc1C(=O)O[C@@H]1CCCNC[C@H]1NC(=O)c1ccc(OC(=O)C(F)(F)F)cc1. The van der Waals surface area contributed by atoms with Crippen LogP contribution in [0.4, 0.5) is 13.2 Å². The lowest BCUT2D eigenvalue weighted by atomic mass is 10.0. The van der Waals surface area contributed by atoms with Crippen LogP contribution in [0, 0.1) is 0 Å². The van der Waals surface area contributed by atoms with Gasteiger partial charge >= 0.3 is 18.1 Å². The molecular formula is C28H27F3N2O7. The number of esters is 2. The highest BCUT2D eigenvalue weighted by atomic mass is 19.4. The number of rotatable bonds is 7. The summed E-state index contributed by atoms with van der Waals surface area (Å²) >= 11 is 0. The highest BCUT2D eigenvalue weighted by Crippen LogP contribution is 2.33. The van der Waals surface area contributed by atoms with Gasteiger partial charge in [0.25, 0.3) is 5.91 Å². The van der Waals surface area contributed by atoms with Crippen molar-refractivity contribution in [2.24, 2.45) is 0 Å². The van der Waals surface area contributed by atoms with Crippen molar-refractivity contribution in [2.75, 3.05) is 27.3 Å². The summed E-state index contributed by atoms with van der Waals surface area (Å²) in [5.74, 6) is -2.95. The van der Waals surface area contributed by atoms with Gasteiger partial charge < -0.3 is 29.6 Å². The fourth-order valence-corrected chi connectivity index (χ4v) is 4.38. The van der Waals surface area contributed by atoms with E-state index in [1.54, 1.807) is 31.4 Å². The summed E-state index contributed by atoms with van der Waals surface area (Å²) in [6.45, 7) is 0.968. The molecule has 0 bridgehead atoms. The lowest BCUT2D eigenvalue weighted by molar-refractivity contribution is -0.189. The summed E-state index contributed by atoms with van der Waals surface area (Å²) in [7, 11) is 3.00. The Morgan fingerprint density at radius 1 is 0.975 bits per heavy atom. The molecule has 0 saturated carbocycles. The van der Waals surface area contributed by atoms with E-state index in [0.29, 0.717) is 37.4 Å². The van der Waals surface area contributed by atoms with Gasteiger partial charge in [-0.25, -0.2) is 9.59 Å². The molecule has 0 spiro atoms. The van der Waals surface area contributed by atoms with Crippen molar-refractivity contribution in [3.8, 4) is 17.2 Å². The molecule has 1 heterocycles. The van der Waals surface area contributed by atoms with E-state index in [1.807, 2.05) is 6.07 Å². The minimum Gasteiger partial charge on any atom is -0.496 e. The van der Waals surface area contributed by atoms with Crippen LogP contribution in [0.2, 0.25) is 0 Å². The number of hydrogen-bond donors (Lipinski definition) is 2. The second kappa shape index (κ2) is 12.2. The first-order chi connectivity index (χ1) is 19.1. The van der Waals surface area contributed by atoms with Gasteiger partial charge in [0.2, 0.25) is 0 Å². The molecule has 3 aromatic rings. The summed E-state index contributed by atoms with van der Waals surface area (Å²) in [6, 6.07) is 12.8. The lowest BCUT2D eigenvalue weighted by Gasteiger charge is -2.26. The van der Waals surface area contributed by atoms with Gasteiger partial charge in [0, 0.05) is 17.5 Å². The Kier molecular flexibility index (Phi) is 8.78. The van der Waals surface area contributed by atoms with E-state index in [-0.39, 0.29) is 16.9 Å². The molecule has 212 valence electrons. The van der Waals surface area contributed by atoms with E-state index in [4.69, 9.17) is 14.2 Å². The first-order valence-electron chi connectivity index (χ1n) is 12.4. The van der Waals surface area contributed by atoms with Gasteiger partial charge in [-0.15, -0.1) is 0 Å². The minimum atomic E-state index is -5.14. The van der Waals surface area contributed by atoms with Gasteiger partial charge in [-0.05, 0) is 67.2 Å². The highest BCUT2D eigenvalue weighted by Gasteiger charge is 2.41. The van der Waals surface area contributed by atoms with Crippen molar-refractivity contribution >= 4 is 28.6 Å². The van der Waals surface area contributed by atoms with E-state index in [0.717, 1.165) is 22.9 Å². The molecule has 2 atom stereocenters. The Bertz CT molecular complexity index is 1390. The van der Waals surface area contributed by atoms with E-state index in [1.165, 1.54) is 19.2 Å². The normalized spacial score (nSPS) is 17.4. The zero-order chi connectivity index (χ0) is 28.9. The number of nitrogens with one attached hydrogen (secondary N) is 2. The van der Waals surface area contributed by atoms with Crippen molar-refractivity contribution in [3.63, 3.8) is 0 Å². The molecule has 1 amide bonds. The first-order valence-corrected chi connectivity index (χ1v) is 12.4. The third-order valence-corrected chi connectivity index (χ3v) is 6.39. The number of benzene rings is 3. The Morgan fingerprint density at radius 2 is 1.70 bits per heavy atom. The number of ether oxygens (including phenoxy) is 4. The number of carbonyl (C=O) groups is 3. The van der Waals surface area contributed by atoms with Gasteiger partial charge in [-0.2, -0.15) is 13.2 Å². The molecule has 1 aliphatic rings. The fraction of sp³-hybridized carbons (Fsp3) is 0.321. The highest BCUT2D eigenvalue weighted by molar-refractivity contribution is 6.00. The standard InChI is InChI=1S/C28H27F3N2O7/c1-37-22-6-3-5-17-13-20(24(38-2)14-19(17)22)26(35)40-23-7-4-12-32-15-21(23)33-25(34)16-8-10-18(11-9-16)39-27(36)28(29,30)31/h3,5-6,8-11,13-14,21,23,32H,4,7,12,15H2,1-2H3,(H,33,34)/t21-,23-/m1/s1. The maximum atomic E-state index is 13.3. The third kappa shape index (κ3) is 6.63. The number of hydrogen-bond acceptors (Lipinski definition) is 8. The summed E-state index contributed by atoms with van der Waals surface area (Å²) in [5, 5.41) is 7.54. The van der Waals surface area contributed by atoms with Crippen LogP contribution in [0.3, 0.4) is 0 Å². The number of amides is 1. The van der Waals surface area contributed by atoms with Crippen LogP contribution >= 0.6 is 0 Å². The van der Waals surface area contributed by atoms with Crippen LogP contribution in [0.5, 0.6) is 17.2 Å². The third-order valence-electron chi connectivity index (χ3n) is 6.39. The molecule has 0 radical (unpaired) electrons. The number of fused-ring (bicyclic) bond motifs is 1. The molecule has 0 aliphatic carbocycles. The molecule has 1 aliphatic heterocycles. The fourth-order valence-electron chi connectivity index (χ4n) is 4.38. The van der Waals surface area contributed by atoms with Crippen LogP contribution in [0.25, 0.3) is 10.8 Å². The van der Waals surface area contributed by atoms with E-state index < -0.39 is 36.2 Å². The predicted octanol–water partition coefficient (Wildman–Crippen LogP) is 4.03. The van der Waals surface area contributed by atoms with Crippen molar-refractivity contribution < 1.29 is 46.5 Å². The van der Waals surface area contributed by atoms with Crippen LogP contribution in [0.15, 0.2) is 54.6 Å². The molecule has 2 N–H and O–H groups in total. The van der Waals surface area contributed by atoms with Gasteiger partial charge in [0.1, 0.15) is 28.9 Å². The summed E-state index contributed by atoms with van der Waals surface area (Å²) in [5.41, 5.74) is 0.334. The zero-order valence-electron chi connectivity index (χ0n) is 21.7. The van der Waals surface area contributed by atoms with Crippen LogP contribution in [0.1, 0.15) is 33.6 Å². The molecule has 1 fully saturated rings. The number of methoxy groups -OCH3 is 2. The number of carbonyl (C=O) groups excluding carboxylic acids is 3. The second-order valence-corrected chi connectivity index (χ2v) is 9.02. The van der Waals surface area contributed by atoms with E-state index >= 15 is 0 Å². The average Bonchev–Trinajstić information content (AvgIpc) is 3.16. The summed E-state index contributed by atoms with van der Waals surface area (Å²) < 4.78 is 58.3. The molecular weight excluding hydrogens is 533 g/mol. The quantitative estimate of drug-likeness (QED) is 0.329. The van der Waals surface area contributed by atoms with E-state index in [2.05, 4.69) is 15.4 Å². The van der Waals surface area contributed by atoms with Crippen LogP contribution < -0.4 is 24.8 Å². The topological polar surface area (TPSA) is 112 Å². The molecule has 9 nitrogen and oxygen atoms in total. The van der Waals surface area contributed by atoms with Crippen molar-refractivity contribution in [3.05, 3.63) is 65.7 Å². The maximum absolute atomic E-state index is 13.3. The monoisotopic (exact) mass is 560 g/mol.